The van der Waals surface area contributed by atoms with Gasteiger partial charge in [0.05, 0.1) is 12.8 Å². The molecule has 1 saturated heterocycles. The molecule has 1 aliphatic heterocycles. The number of methoxy groups -OCH3 is 1. The summed E-state index contributed by atoms with van der Waals surface area (Å²) in [6.45, 7) is 9.79. The highest BCUT2D eigenvalue weighted by Gasteiger charge is 2.27. The minimum atomic E-state index is 0.249. The number of aliphatic hydroxyl groups excluding tert-OH is 1. The van der Waals surface area contributed by atoms with Crippen LogP contribution in [-0.2, 0) is 6.54 Å². The van der Waals surface area contributed by atoms with Crippen molar-refractivity contribution >= 4 is 10.9 Å². The highest BCUT2D eigenvalue weighted by atomic mass is 16.5. The van der Waals surface area contributed by atoms with Crippen molar-refractivity contribution in [2.75, 3.05) is 39.9 Å². The Balaban J connectivity index is 1.71. The fourth-order valence-corrected chi connectivity index (χ4v) is 3.88. The summed E-state index contributed by atoms with van der Waals surface area (Å²) in [4.78, 5) is 9.84. The Morgan fingerprint density at radius 2 is 2.08 bits per heavy atom. The van der Waals surface area contributed by atoms with Crippen LogP contribution in [0.5, 0.6) is 5.75 Å². The van der Waals surface area contributed by atoms with E-state index in [1.54, 1.807) is 7.11 Å². The van der Waals surface area contributed by atoms with E-state index in [4.69, 9.17) is 9.72 Å². The van der Waals surface area contributed by atoms with Gasteiger partial charge in [0.25, 0.3) is 0 Å². The standard InChI is InChI=1S/C21H31N3O2/c1-16(2)13-24-11-10-23(15-19(24)9-12-25)14-18-8-7-17-5-4-6-20(26-3)21(17)22-18/h4-8,16,19,25H,9-15H2,1-3H3/t19-/m1/s1. The first kappa shape index (κ1) is 19.1. The SMILES string of the molecule is COc1cccc2ccc(CN3CCN(CC(C)C)[C@H](CCO)C3)nc12. The molecule has 2 aromatic rings. The number of para-hydroxylation sites is 1. The molecule has 0 unspecified atom stereocenters. The van der Waals surface area contributed by atoms with Gasteiger partial charge in [-0.05, 0) is 24.5 Å². The van der Waals surface area contributed by atoms with Gasteiger partial charge in [-0.25, -0.2) is 4.98 Å². The molecule has 1 N–H and O–H groups in total. The maximum Gasteiger partial charge on any atom is 0.145 e. The van der Waals surface area contributed by atoms with Crippen molar-refractivity contribution in [3.8, 4) is 5.75 Å². The molecule has 142 valence electrons. The summed E-state index contributed by atoms with van der Waals surface area (Å²) in [7, 11) is 1.69. The van der Waals surface area contributed by atoms with Crippen molar-refractivity contribution in [3.63, 3.8) is 0 Å². The Morgan fingerprint density at radius 1 is 1.23 bits per heavy atom. The number of hydrogen-bond donors (Lipinski definition) is 1. The molecule has 0 amide bonds. The largest absolute Gasteiger partial charge is 0.494 e. The molecule has 0 saturated carbocycles. The number of aromatic nitrogens is 1. The van der Waals surface area contributed by atoms with Gasteiger partial charge in [0, 0.05) is 50.8 Å². The van der Waals surface area contributed by atoms with E-state index in [0.717, 1.165) is 61.5 Å². The third-order valence-corrected chi connectivity index (χ3v) is 5.10. The van der Waals surface area contributed by atoms with Crippen LogP contribution in [0, 0.1) is 5.92 Å². The summed E-state index contributed by atoms with van der Waals surface area (Å²) < 4.78 is 5.46. The number of hydrogen-bond acceptors (Lipinski definition) is 5. The molecule has 0 radical (unpaired) electrons. The maximum absolute atomic E-state index is 9.45. The fourth-order valence-electron chi connectivity index (χ4n) is 3.88. The Kier molecular flexibility index (Phi) is 6.46. The highest BCUT2D eigenvalue weighted by molar-refractivity contribution is 5.84. The van der Waals surface area contributed by atoms with Crippen LogP contribution in [0.15, 0.2) is 30.3 Å². The molecule has 0 aliphatic carbocycles. The Hall–Kier alpha value is -1.69. The minimum Gasteiger partial charge on any atom is -0.494 e. The predicted octanol–water partition coefficient (Wildman–Crippen LogP) is 2.77. The Labute approximate surface area is 156 Å². The monoisotopic (exact) mass is 357 g/mol. The molecule has 0 bridgehead atoms. The molecule has 1 atom stereocenters. The maximum atomic E-state index is 9.45. The molecule has 2 heterocycles. The Bertz CT molecular complexity index is 719. The van der Waals surface area contributed by atoms with Gasteiger partial charge in [-0.1, -0.05) is 32.0 Å². The molecular formula is C21H31N3O2. The van der Waals surface area contributed by atoms with Gasteiger partial charge in [-0.15, -0.1) is 0 Å². The van der Waals surface area contributed by atoms with Crippen LogP contribution in [0.4, 0.5) is 0 Å². The molecular weight excluding hydrogens is 326 g/mol. The molecule has 1 aliphatic rings. The van der Waals surface area contributed by atoms with Crippen molar-refractivity contribution in [2.24, 2.45) is 5.92 Å². The molecule has 1 aromatic heterocycles. The molecule has 26 heavy (non-hydrogen) atoms. The van der Waals surface area contributed by atoms with E-state index in [9.17, 15) is 5.11 Å². The first-order chi connectivity index (χ1) is 12.6. The predicted molar refractivity (Wildman–Crippen MR) is 105 cm³/mol. The first-order valence-electron chi connectivity index (χ1n) is 9.60. The smallest absolute Gasteiger partial charge is 0.145 e. The number of benzene rings is 1. The molecule has 1 aromatic carbocycles. The van der Waals surface area contributed by atoms with Crippen LogP contribution in [-0.4, -0.2) is 65.8 Å². The third-order valence-electron chi connectivity index (χ3n) is 5.10. The molecule has 1 fully saturated rings. The van der Waals surface area contributed by atoms with E-state index in [-0.39, 0.29) is 6.61 Å². The summed E-state index contributed by atoms with van der Waals surface area (Å²) in [5, 5.41) is 10.6. The van der Waals surface area contributed by atoms with Gasteiger partial charge < -0.3 is 9.84 Å². The van der Waals surface area contributed by atoms with Crippen molar-refractivity contribution in [3.05, 3.63) is 36.0 Å². The van der Waals surface area contributed by atoms with Crippen LogP contribution < -0.4 is 4.74 Å². The second kappa shape index (κ2) is 8.80. The van der Waals surface area contributed by atoms with Gasteiger partial charge in [0.2, 0.25) is 0 Å². The highest BCUT2D eigenvalue weighted by Crippen LogP contribution is 2.24. The minimum absolute atomic E-state index is 0.249. The summed E-state index contributed by atoms with van der Waals surface area (Å²) in [5.41, 5.74) is 2.00. The third kappa shape index (κ3) is 4.53. The van der Waals surface area contributed by atoms with E-state index < -0.39 is 0 Å². The lowest BCUT2D eigenvalue weighted by atomic mass is 10.1. The lowest BCUT2D eigenvalue weighted by molar-refractivity contribution is 0.0472. The van der Waals surface area contributed by atoms with E-state index in [2.05, 4.69) is 41.8 Å². The topological polar surface area (TPSA) is 48.8 Å². The van der Waals surface area contributed by atoms with Crippen molar-refractivity contribution in [2.45, 2.75) is 32.9 Å². The number of nitrogens with zero attached hydrogens (tertiary/aromatic N) is 3. The number of fused-ring (bicyclic) bond motifs is 1. The first-order valence-corrected chi connectivity index (χ1v) is 9.60. The average Bonchev–Trinajstić information content (AvgIpc) is 2.63. The van der Waals surface area contributed by atoms with Crippen LogP contribution in [0.1, 0.15) is 26.0 Å². The van der Waals surface area contributed by atoms with Gasteiger partial charge in [0.1, 0.15) is 11.3 Å². The van der Waals surface area contributed by atoms with Crippen LogP contribution in [0.3, 0.4) is 0 Å². The number of pyridine rings is 1. The number of rotatable bonds is 7. The fraction of sp³-hybridized carbons (Fsp3) is 0.571. The average molecular weight is 357 g/mol. The van der Waals surface area contributed by atoms with E-state index in [1.165, 1.54) is 0 Å². The summed E-state index contributed by atoms with van der Waals surface area (Å²) in [6.07, 6.45) is 0.836. The Morgan fingerprint density at radius 3 is 2.81 bits per heavy atom. The van der Waals surface area contributed by atoms with Crippen LogP contribution in [0.25, 0.3) is 10.9 Å². The van der Waals surface area contributed by atoms with Crippen LogP contribution >= 0.6 is 0 Å². The molecule has 3 rings (SSSR count). The van der Waals surface area contributed by atoms with Crippen molar-refractivity contribution in [1.29, 1.82) is 0 Å². The number of piperazine rings is 1. The zero-order valence-corrected chi connectivity index (χ0v) is 16.2. The van der Waals surface area contributed by atoms with Gasteiger partial charge in [-0.3, -0.25) is 9.80 Å². The van der Waals surface area contributed by atoms with E-state index in [0.29, 0.717) is 12.0 Å². The lowest BCUT2D eigenvalue weighted by Gasteiger charge is -2.42. The van der Waals surface area contributed by atoms with Crippen LogP contribution in [0.2, 0.25) is 0 Å². The zero-order chi connectivity index (χ0) is 18.5. The zero-order valence-electron chi connectivity index (χ0n) is 16.2. The second-order valence-corrected chi connectivity index (χ2v) is 7.62. The summed E-state index contributed by atoms with van der Waals surface area (Å²) >= 11 is 0. The number of aliphatic hydroxyl groups is 1. The van der Waals surface area contributed by atoms with Gasteiger partial charge >= 0.3 is 0 Å². The second-order valence-electron chi connectivity index (χ2n) is 7.62. The van der Waals surface area contributed by atoms with Gasteiger partial charge in [0.15, 0.2) is 0 Å². The molecule has 0 spiro atoms. The number of ether oxygens (including phenoxy) is 1. The van der Waals surface area contributed by atoms with E-state index in [1.807, 2.05) is 12.1 Å². The van der Waals surface area contributed by atoms with E-state index >= 15 is 0 Å². The normalized spacial score (nSPS) is 19.3. The molecule has 5 heteroatoms. The summed E-state index contributed by atoms with van der Waals surface area (Å²) in [5.74, 6) is 1.47. The quantitative estimate of drug-likeness (QED) is 0.826. The summed E-state index contributed by atoms with van der Waals surface area (Å²) in [6, 6.07) is 10.7. The van der Waals surface area contributed by atoms with Crippen molar-refractivity contribution in [1.82, 2.24) is 14.8 Å². The molecule has 5 nitrogen and oxygen atoms in total. The van der Waals surface area contributed by atoms with Gasteiger partial charge in [-0.2, -0.15) is 0 Å². The van der Waals surface area contributed by atoms with Crippen molar-refractivity contribution < 1.29 is 9.84 Å². The lowest BCUT2D eigenvalue weighted by Crippen LogP contribution is -2.53.